The minimum atomic E-state index is -2.98. The fraction of sp³-hybridized carbons (Fsp3) is 0.500. The Morgan fingerprint density at radius 2 is 2.17 bits per heavy atom. The number of hydrogen-bond donors (Lipinski definition) is 1. The van der Waals surface area contributed by atoms with Crippen LogP contribution in [0.5, 0.6) is 0 Å². The second-order valence-electron chi connectivity index (χ2n) is 4.74. The first-order chi connectivity index (χ1) is 8.22. The number of rotatable bonds is 2. The summed E-state index contributed by atoms with van der Waals surface area (Å²) in [7, 11) is 0. The lowest BCUT2D eigenvalue weighted by Gasteiger charge is -2.24. The standard InChI is InChI=1S/C12H13BrF3NO/c1-11(15,16)10-5-12(17,6-18-10)8-4-7(13)2-3-9(8)14/h2-4,10H,5-6,17H2,1H3/t10-,12+/m0/s1. The summed E-state index contributed by atoms with van der Waals surface area (Å²) in [6, 6.07) is 4.30. The molecule has 0 aliphatic carbocycles. The second kappa shape index (κ2) is 4.51. The molecule has 2 N–H and O–H groups in total. The summed E-state index contributed by atoms with van der Waals surface area (Å²) in [6.45, 7) is 0.662. The van der Waals surface area contributed by atoms with Crippen LogP contribution in [0.1, 0.15) is 18.9 Å². The van der Waals surface area contributed by atoms with Gasteiger partial charge >= 0.3 is 0 Å². The molecule has 2 nitrogen and oxygen atoms in total. The third-order valence-corrected chi connectivity index (χ3v) is 3.62. The highest BCUT2D eigenvalue weighted by Crippen LogP contribution is 2.39. The van der Waals surface area contributed by atoms with Crippen molar-refractivity contribution >= 4 is 15.9 Å². The Labute approximate surface area is 111 Å². The third kappa shape index (κ3) is 2.55. The molecule has 100 valence electrons. The average molecular weight is 324 g/mol. The van der Waals surface area contributed by atoms with Gasteiger partial charge in [-0.15, -0.1) is 0 Å². The molecule has 0 spiro atoms. The van der Waals surface area contributed by atoms with E-state index >= 15 is 0 Å². The van der Waals surface area contributed by atoms with Gasteiger partial charge in [-0.05, 0) is 18.2 Å². The van der Waals surface area contributed by atoms with Crippen molar-refractivity contribution in [2.75, 3.05) is 6.61 Å². The predicted octanol–water partition coefficient (Wildman–Crippen LogP) is 3.19. The number of alkyl halides is 2. The van der Waals surface area contributed by atoms with Gasteiger partial charge in [0.15, 0.2) is 0 Å². The van der Waals surface area contributed by atoms with Gasteiger partial charge in [0, 0.05) is 23.4 Å². The molecule has 1 fully saturated rings. The molecule has 1 aromatic carbocycles. The first kappa shape index (κ1) is 13.8. The van der Waals surface area contributed by atoms with Crippen LogP contribution in [-0.4, -0.2) is 18.6 Å². The highest BCUT2D eigenvalue weighted by molar-refractivity contribution is 9.10. The van der Waals surface area contributed by atoms with Crippen molar-refractivity contribution < 1.29 is 17.9 Å². The Morgan fingerprint density at radius 1 is 1.50 bits per heavy atom. The third-order valence-electron chi connectivity index (χ3n) is 3.12. The van der Waals surface area contributed by atoms with Crippen LogP contribution in [0.3, 0.4) is 0 Å². The molecule has 1 aliphatic heterocycles. The summed E-state index contributed by atoms with van der Waals surface area (Å²) in [6.07, 6.45) is -1.38. The summed E-state index contributed by atoms with van der Waals surface area (Å²) in [4.78, 5) is 0. The first-order valence-electron chi connectivity index (χ1n) is 5.46. The molecule has 1 saturated heterocycles. The van der Waals surface area contributed by atoms with Gasteiger partial charge in [-0.25, -0.2) is 13.2 Å². The quantitative estimate of drug-likeness (QED) is 0.907. The van der Waals surface area contributed by atoms with Crippen LogP contribution in [0, 0.1) is 5.82 Å². The van der Waals surface area contributed by atoms with E-state index in [4.69, 9.17) is 10.5 Å². The van der Waals surface area contributed by atoms with Crippen molar-refractivity contribution in [3.8, 4) is 0 Å². The van der Waals surface area contributed by atoms with Crippen LogP contribution in [0.2, 0.25) is 0 Å². The molecule has 1 aliphatic rings. The van der Waals surface area contributed by atoms with Crippen molar-refractivity contribution in [2.24, 2.45) is 5.73 Å². The summed E-state index contributed by atoms with van der Waals surface area (Å²) < 4.78 is 45.8. The monoisotopic (exact) mass is 323 g/mol. The molecule has 0 amide bonds. The molecule has 18 heavy (non-hydrogen) atoms. The molecular weight excluding hydrogens is 311 g/mol. The lowest BCUT2D eigenvalue weighted by molar-refractivity contribution is -0.101. The smallest absolute Gasteiger partial charge is 0.271 e. The van der Waals surface area contributed by atoms with Crippen molar-refractivity contribution in [1.29, 1.82) is 0 Å². The Hall–Kier alpha value is -0.590. The molecule has 2 atom stereocenters. The number of nitrogens with two attached hydrogens (primary N) is 1. The SMILES string of the molecule is CC(F)(F)[C@@H]1C[C@](N)(c2cc(Br)ccc2F)CO1. The van der Waals surface area contributed by atoms with Gasteiger partial charge in [0.05, 0.1) is 12.1 Å². The molecule has 1 aromatic rings. The molecule has 6 heteroatoms. The summed E-state index contributed by atoms with van der Waals surface area (Å²) in [5, 5.41) is 0. The second-order valence-corrected chi connectivity index (χ2v) is 5.66. The molecule has 2 rings (SSSR count). The zero-order valence-electron chi connectivity index (χ0n) is 9.72. The van der Waals surface area contributed by atoms with Gasteiger partial charge in [-0.2, -0.15) is 0 Å². The Kier molecular flexibility index (Phi) is 3.46. The van der Waals surface area contributed by atoms with Crippen LogP contribution in [0.15, 0.2) is 22.7 Å². The lowest BCUT2D eigenvalue weighted by Crippen LogP contribution is -2.39. The first-order valence-corrected chi connectivity index (χ1v) is 6.25. The minimum absolute atomic E-state index is 0.107. The van der Waals surface area contributed by atoms with E-state index in [-0.39, 0.29) is 18.6 Å². The van der Waals surface area contributed by atoms with Crippen LogP contribution in [0.4, 0.5) is 13.2 Å². The van der Waals surface area contributed by atoms with Crippen LogP contribution in [0.25, 0.3) is 0 Å². The zero-order valence-corrected chi connectivity index (χ0v) is 11.3. The van der Waals surface area contributed by atoms with E-state index in [2.05, 4.69) is 15.9 Å². The molecule has 0 aromatic heterocycles. The van der Waals surface area contributed by atoms with Crippen molar-refractivity contribution in [3.63, 3.8) is 0 Å². The van der Waals surface area contributed by atoms with E-state index in [1.807, 2.05) is 0 Å². The molecule has 0 saturated carbocycles. The van der Waals surface area contributed by atoms with Crippen molar-refractivity contribution in [3.05, 3.63) is 34.1 Å². The average Bonchev–Trinajstić information content (AvgIpc) is 2.65. The van der Waals surface area contributed by atoms with E-state index in [9.17, 15) is 13.2 Å². The number of ether oxygens (including phenoxy) is 1. The van der Waals surface area contributed by atoms with Crippen LogP contribution >= 0.6 is 15.9 Å². The normalized spacial score (nSPS) is 28.7. The van der Waals surface area contributed by atoms with Gasteiger partial charge in [-0.3, -0.25) is 0 Å². The summed E-state index contributed by atoms with van der Waals surface area (Å²) >= 11 is 3.21. The van der Waals surface area contributed by atoms with Crippen molar-refractivity contribution in [1.82, 2.24) is 0 Å². The maximum absolute atomic E-state index is 13.7. The predicted molar refractivity (Wildman–Crippen MR) is 64.9 cm³/mol. The van der Waals surface area contributed by atoms with Gasteiger partial charge in [-0.1, -0.05) is 15.9 Å². The summed E-state index contributed by atoms with van der Waals surface area (Å²) in [5.41, 5.74) is 5.01. The van der Waals surface area contributed by atoms with Crippen LogP contribution in [-0.2, 0) is 10.3 Å². The Bertz CT molecular complexity index is 463. The van der Waals surface area contributed by atoms with Gasteiger partial charge < -0.3 is 10.5 Å². The molecule has 0 radical (unpaired) electrons. The van der Waals surface area contributed by atoms with Crippen LogP contribution < -0.4 is 5.73 Å². The largest absolute Gasteiger partial charge is 0.370 e. The topological polar surface area (TPSA) is 35.2 Å². The molecular formula is C12H13BrF3NO. The number of hydrogen-bond acceptors (Lipinski definition) is 2. The fourth-order valence-electron chi connectivity index (χ4n) is 2.09. The molecule has 0 unspecified atom stereocenters. The Balaban J connectivity index is 2.31. The summed E-state index contributed by atoms with van der Waals surface area (Å²) in [5.74, 6) is -3.49. The highest BCUT2D eigenvalue weighted by atomic mass is 79.9. The van der Waals surface area contributed by atoms with Gasteiger partial charge in [0.25, 0.3) is 5.92 Å². The Morgan fingerprint density at radius 3 is 2.72 bits per heavy atom. The van der Waals surface area contributed by atoms with E-state index in [1.165, 1.54) is 18.2 Å². The van der Waals surface area contributed by atoms with E-state index in [1.54, 1.807) is 0 Å². The van der Waals surface area contributed by atoms with E-state index in [0.29, 0.717) is 4.47 Å². The van der Waals surface area contributed by atoms with E-state index < -0.39 is 23.4 Å². The minimum Gasteiger partial charge on any atom is -0.370 e. The maximum Gasteiger partial charge on any atom is 0.271 e. The molecule has 0 bridgehead atoms. The zero-order chi connectivity index (χ0) is 13.6. The molecule has 1 heterocycles. The van der Waals surface area contributed by atoms with Crippen molar-refractivity contribution in [2.45, 2.75) is 30.9 Å². The van der Waals surface area contributed by atoms with E-state index in [0.717, 1.165) is 6.92 Å². The number of halogens is 4. The lowest BCUT2D eigenvalue weighted by atomic mass is 9.87. The fourth-order valence-corrected chi connectivity index (χ4v) is 2.45. The number of benzene rings is 1. The maximum atomic E-state index is 13.7. The van der Waals surface area contributed by atoms with Gasteiger partial charge in [0.1, 0.15) is 11.9 Å². The van der Waals surface area contributed by atoms with Gasteiger partial charge in [0.2, 0.25) is 0 Å². The highest BCUT2D eigenvalue weighted by Gasteiger charge is 2.48.